The highest BCUT2D eigenvalue weighted by atomic mass is 32.2. The van der Waals surface area contributed by atoms with E-state index in [1.165, 1.54) is 0 Å². The van der Waals surface area contributed by atoms with Gasteiger partial charge in [-0.1, -0.05) is 24.3 Å². The van der Waals surface area contributed by atoms with Crippen LogP contribution < -0.4 is 0 Å². The van der Waals surface area contributed by atoms with Crippen molar-refractivity contribution in [2.45, 2.75) is 12.2 Å². The molecule has 78 valence electrons. The van der Waals surface area contributed by atoms with E-state index < -0.39 is 10.1 Å². The third kappa shape index (κ3) is 4.13. The standard InChI is InChI=1S/C9H12O3S2/c10-14(11,12)6-5-8-1-3-9(7-13)4-2-8/h1-4,13H,5-7H2,(H,10,11,12). The first kappa shape index (κ1) is 11.6. The molecule has 0 saturated carbocycles. The second kappa shape index (κ2) is 4.82. The highest BCUT2D eigenvalue weighted by Crippen LogP contribution is 2.07. The molecule has 0 aliphatic carbocycles. The number of aryl methyl sites for hydroxylation is 1. The predicted molar refractivity (Wildman–Crippen MR) is 59.3 cm³/mol. The summed E-state index contributed by atoms with van der Waals surface area (Å²) < 4.78 is 29.5. The zero-order chi connectivity index (χ0) is 10.6. The Morgan fingerprint density at radius 1 is 1.14 bits per heavy atom. The molecule has 0 aliphatic rings. The van der Waals surface area contributed by atoms with Crippen LogP contribution in [0.25, 0.3) is 0 Å². The van der Waals surface area contributed by atoms with Gasteiger partial charge in [-0.15, -0.1) is 0 Å². The molecule has 0 bridgehead atoms. The molecule has 0 fully saturated rings. The van der Waals surface area contributed by atoms with Crippen LogP contribution in [0.1, 0.15) is 11.1 Å². The zero-order valence-corrected chi connectivity index (χ0v) is 9.26. The maximum Gasteiger partial charge on any atom is 0.265 e. The van der Waals surface area contributed by atoms with Crippen LogP contribution in [0.4, 0.5) is 0 Å². The number of hydrogen-bond donors (Lipinski definition) is 2. The summed E-state index contributed by atoms with van der Waals surface area (Å²) in [6.45, 7) is 0. The fraction of sp³-hybridized carbons (Fsp3) is 0.333. The third-order valence-corrected chi connectivity index (χ3v) is 2.94. The number of thiol groups is 1. The minimum absolute atomic E-state index is 0.229. The minimum atomic E-state index is -3.85. The Hall–Kier alpha value is -0.520. The molecule has 0 aromatic heterocycles. The van der Waals surface area contributed by atoms with Gasteiger partial charge in [0.25, 0.3) is 10.1 Å². The Kier molecular flexibility index (Phi) is 3.97. The van der Waals surface area contributed by atoms with Crippen LogP contribution in [0.15, 0.2) is 24.3 Å². The molecule has 0 spiro atoms. The molecule has 1 aromatic rings. The van der Waals surface area contributed by atoms with Gasteiger partial charge in [0, 0.05) is 5.75 Å². The Morgan fingerprint density at radius 2 is 1.64 bits per heavy atom. The monoisotopic (exact) mass is 232 g/mol. The SMILES string of the molecule is O=S(=O)(O)CCc1ccc(CS)cc1. The Bertz CT molecular complexity index is 381. The molecule has 14 heavy (non-hydrogen) atoms. The van der Waals surface area contributed by atoms with E-state index in [9.17, 15) is 8.42 Å². The van der Waals surface area contributed by atoms with Crippen molar-refractivity contribution in [3.63, 3.8) is 0 Å². The summed E-state index contributed by atoms with van der Waals surface area (Å²) in [5.74, 6) is 0.436. The lowest BCUT2D eigenvalue weighted by Crippen LogP contribution is -2.06. The van der Waals surface area contributed by atoms with Crippen molar-refractivity contribution in [3.05, 3.63) is 35.4 Å². The lowest BCUT2D eigenvalue weighted by molar-refractivity contribution is 0.482. The molecule has 1 rings (SSSR count). The van der Waals surface area contributed by atoms with E-state index in [1.807, 2.05) is 24.3 Å². The summed E-state index contributed by atoms with van der Waals surface area (Å²) >= 11 is 4.11. The van der Waals surface area contributed by atoms with Gasteiger partial charge in [-0.2, -0.15) is 21.0 Å². The average Bonchev–Trinajstić information content (AvgIpc) is 2.14. The molecule has 1 aromatic carbocycles. The van der Waals surface area contributed by atoms with E-state index in [0.717, 1.165) is 11.1 Å². The molecular formula is C9H12O3S2. The smallest absolute Gasteiger partial charge is 0.265 e. The summed E-state index contributed by atoms with van der Waals surface area (Å²) in [4.78, 5) is 0. The molecule has 0 saturated heterocycles. The highest BCUT2D eigenvalue weighted by molar-refractivity contribution is 7.85. The van der Waals surface area contributed by atoms with Crippen LogP contribution in [0.5, 0.6) is 0 Å². The fourth-order valence-corrected chi connectivity index (χ4v) is 1.76. The quantitative estimate of drug-likeness (QED) is 0.611. The second-order valence-electron chi connectivity index (χ2n) is 3.01. The summed E-state index contributed by atoms with van der Waals surface area (Å²) in [5.41, 5.74) is 1.98. The molecule has 0 heterocycles. The maximum atomic E-state index is 10.5. The molecule has 1 N–H and O–H groups in total. The summed E-state index contributed by atoms with van der Waals surface area (Å²) in [6.07, 6.45) is 0.339. The van der Waals surface area contributed by atoms with Crippen molar-refractivity contribution in [2.24, 2.45) is 0 Å². The van der Waals surface area contributed by atoms with Crippen LogP contribution >= 0.6 is 12.6 Å². The number of benzene rings is 1. The van der Waals surface area contributed by atoms with E-state index in [1.54, 1.807) is 0 Å². The second-order valence-corrected chi connectivity index (χ2v) is 4.90. The summed E-state index contributed by atoms with van der Waals surface area (Å²) in [7, 11) is -3.85. The highest BCUT2D eigenvalue weighted by Gasteiger charge is 2.04. The van der Waals surface area contributed by atoms with Crippen LogP contribution in [0, 0.1) is 0 Å². The maximum absolute atomic E-state index is 10.5. The van der Waals surface area contributed by atoms with Crippen molar-refractivity contribution >= 4 is 22.7 Å². The van der Waals surface area contributed by atoms with Crippen molar-refractivity contribution in [2.75, 3.05) is 5.75 Å². The summed E-state index contributed by atoms with van der Waals surface area (Å²) in [6, 6.07) is 7.48. The topological polar surface area (TPSA) is 54.4 Å². The Morgan fingerprint density at radius 3 is 2.07 bits per heavy atom. The molecule has 3 nitrogen and oxygen atoms in total. The van der Waals surface area contributed by atoms with Gasteiger partial charge >= 0.3 is 0 Å². The average molecular weight is 232 g/mol. The van der Waals surface area contributed by atoms with Gasteiger partial charge in [0.05, 0.1) is 5.75 Å². The van der Waals surface area contributed by atoms with Crippen LogP contribution in [-0.4, -0.2) is 18.7 Å². The molecule has 0 atom stereocenters. The van der Waals surface area contributed by atoms with Crippen molar-refractivity contribution in [1.29, 1.82) is 0 Å². The predicted octanol–water partition coefficient (Wildman–Crippen LogP) is 1.55. The lowest BCUT2D eigenvalue weighted by Gasteiger charge is -2.00. The Labute approximate surface area is 89.3 Å². The fourth-order valence-electron chi connectivity index (χ4n) is 1.06. The minimum Gasteiger partial charge on any atom is -0.286 e. The van der Waals surface area contributed by atoms with Gasteiger partial charge in [-0.05, 0) is 17.5 Å². The summed E-state index contributed by atoms with van der Waals surface area (Å²) in [5, 5.41) is 0. The van der Waals surface area contributed by atoms with Gasteiger partial charge in [-0.3, -0.25) is 4.55 Å². The first-order chi connectivity index (χ1) is 6.51. The van der Waals surface area contributed by atoms with Gasteiger partial charge in [-0.25, -0.2) is 0 Å². The normalized spacial score (nSPS) is 11.6. The van der Waals surface area contributed by atoms with E-state index in [2.05, 4.69) is 12.6 Å². The van der Waals surface area contributed by atoms with Crippen LogP contribution in [0.3, 0.4) is 0 Å². The van der Waals surface area contributed by atoms with Crippen molar-refractivity contribution < 1.29 is 13.0 Å². The van der Waals surface area contributed by atoms with E-state index >= 15 is 0 Å². The van der Waals surface area contributed by atoms with Crippen molar-refractivity contribution in [1.82, 2.24) is 0 Å². The molecule has 0 unspecified atom stereocenters. The van der Waals surface area contributed by atoms with E-state index in [0.29, 0.717) is 12.2 Å². The van der Waals surface area contributed by atoms with Crippen LogP contribution in [0.2, 0.25) is 0 Å². The van der Waals surface area contributed by atoms with E-state index in [-0.39, 0.29) is 5.75 Å². The van der Waals surface area contributed by atoms with Crippen LogP contribution in [-0.2, 0) is 22.3 Å². The first-order valence-corrected chi connectivity index (χ1v) is 6.39. The van der Waals surface area contributed by atoms with Gasteiger partial charge in [0.2, 0.25) is 0 Å². The van der Waals surface area contributed by atoms with Gasteiger partial charge in [0.15, 0.2) is 0 Å². The van der Waals surface area contributed by atoms with Crippen molar-refractivity contribution in [3.8, 4) is 0 Å². The molecule has 0 radical (unpaired) electrons. The van der Waals surface area contributed by atoms with Gasteiger partial charge < -0.3 is 0 Å². The number of hydrogen-bond acceptors (Lipinski definition) is 3. The first-order valence-electron chi connectivity index (χ1n) is 4.15. The third-order valence-electron chi connectivity index (χ3n) is 1.85. The molecule has 0 amide bonds. The van der Waals surface area contributed by atoms with Gasteiger partial charge in [0.1, 0.15) is 0 Å². The number of rotatable bonds is 4. The largest absolute Gasteiger partial charge is 0.286 e. The molecule has 0 aliphatic heterocycles. The molecule has 5 heteroatoms. The zero-order valence-electron chi connectivity index (χ0n) is 7.55. The Balaban J connectivity index is 2.61. The lowest BCUT2D eigenvalue weighted by atomic mass is 10.1. The van der Waals surface area contributed by atoms with E-state index in [4.69, 9.17) is 4.55 Å². The molecular weight excluding hydrogens is 220 g/mol.